The highest BCUT2D eigenvalue weighted by atomic mass is 19.1. The summed E-state index contributed by atoms with van der Waals surface area (Å²) in [5.41, 5.74) is 1.86. The number of hydrogen-bond donors (Lipinski definition) is 1. The molecule has 0 radical (unpaired) electrons. The van der Waals surface area contributed by atoms with Crippen molar-refractivity contribution in [2.24, 2.45) is 11.8 Å². The van der Waals surface area contributed by atoms with Crippen LogP contribution in [0, 0.1) is 17.7 Å². The van der Waals surface area contributed by atoms with Crippen molar-refractivity contribution in [3.63, 3.8) is 0 Å². The SMILES string of the molecule is CC(=O)N(CC(C)C)CC1CN(Cc2ccccc2O)CC1c1cccc(F)c1. The standard InChI is InChI=1S/C24H31FN2O2/c1-17(2)12-27(18(3)28)15-21-14-26(13-20-7-4-5-10-24(20)29)16-23(21)19-8-6-9-22(25)11-19/h4-11,17,21,23,29H,12-16H2,1-3H3. The minimum atomic E-state index is -0.231. The third-order valence-electron chi connectivity index (χ3n) is 5.66. The molecule has 2 atom stereocenters. The number of halogens is 1. The summed E-state index contributed by atoms with van der Waals surface area (Å²) in [5.74, 6) is 0.895. The van der Waals surface area contributed by atoms with Crippen molar-refractivity contribution in [2.45, 2.75) is 33.2 Å². The fourth-order valence-corrected chi connectivity index (χ4v) is 4.33. The first kappa shape index (κ1) is 21.3. The predicted octanol–water partition coefficient (Wildman–Crippen LogP) is 4.25. The lowest BCUT2D eigenvalue weighted by Gasteiger charge is -2.29. The van der Waals surface area contributed by atoms with Crippen LogP contribution in [-0.4, -0.2) is 47.0 Å². The Balaban J connectivity index is 1.82. The Labute approximate surface area is 173 Å². The predicted molar refractivity (Wildman–Crippen MR) is 113 cm³/mol. The first-order valence-electron chi connectivity index (χ1n) is 10.3. The second kappa shape index (κ2) is 9.40. The Morgan fingerprint density at radius 3 is 2.62 bits per heavy atom. The van der Waals surface area contributed by atoms with Crippen molar-refractivity contribution >= 4 is 5.91 Å². The fourth-order valence-electron chi connectivity index (χ4n) is 4.33. The molecule has 1 heterocycles. The van der Waals surface area contributed by atoms with Gasteiger partial charge in [0.2, 0.25) is 5.91 Å². The summed E-state index contributed by atoms with van der Waals surface area (Å²) < 4.78 is 13.9. The highest BCUT2D eigenvalue weighted by molar-refractivity contribution is 5.73. The third-order valence-corrected chi connectivity index (χ3v) is 5.66. The van der Waals surface area contributed by atoms with Gasteiger partial charge >= 0.3 is 0 Å². The number of likely N-dealkylation sites (tertiary alicyclic amines) is 1. The molecule has 2 aromatic rings. The van der Waals surface area contributed by atoms with Crippen LogP contribution in [-0.2, 0) is 11.3 Å². The highest BCUT2D eigenvalue weighted by Gasteiger charge is 2.35. The number of amides is 1. The van der Waals surface area contributed by atoms with E-state index in [9.17, 15) is 14.3 Å². The van der Waals surface area contributed by atoms with E-state index in [-0.39, 0.29) is 23.6 Å². The van der Waals surface area contributed by atoms with Gasteiger partial charge in [-0.3, -0.25) is 9.69 Å². The molecule has 0 aliphatic carbocycles. The van der Waals surface area contributed by atoms with Gasteiger partial charge in [0, 0.05) is 51.1 Å². The Bertz CT molecular complexity index is 839. The molecular weight excluding hydrogens is 367 g/mol. The number of hydrogen-bond acceptors (Lipinski definition) is 3. The quantitative estimate of drug-likeness (QED) is 0.758. The molecule has 5 heteroatoms. The number of para-hydroxylation sites is 1. The highest BCUT2D eigenvalue weighted by Crippen LogP contribution is 2.35. The van der Waals surface area contributed by atoms with Crippen LogP contribution in [0.25, 0.3) is 0 Å². The molecule has 1 aliphatic rings. The Hall–Kier alpha value is -2.40. The maximum absolute atomic E-state index is 13.9. The van der Waals surface area contributed by atoms with E-state index in [1.54, 1.807) is 25.1 Å². The molecule has 29 heavy (non-hydrogen) atoms. The second-order valence-electron chi connectivity index (χ2n) is 8.56. The number of aromatic hydroxyl groups is 1. The largest absolute Gasteiger partial charge is 0.508 e. The van der Waals surface area contributed by atoms with E-state index in [2.05, 4.69) is 18.7 Å². The van der Waals surface area contributed by atoms with Gasteiger partial charge in [0.1, 0.15) is 11.6 Å². The zero-order valence-electron chi connectivity index (χ0n) is 17.5. The van der Waals surface area contributed by atoms with Crippen molar-refractivity contribution in [3.8, 4) is 5.75 Å². The van der Waals surface area contributed by atoms with Gasteiger partial charge in [-0.2, -0.15) is 0 Å². The van der Waals surface area contributed by atoms with Gasteiger partial charge in [-0.1, -0.05) is 44.2 Å². The molecule has 156 valence electrons. The van der Waals surface area contributed by atoms with Crippen LogP contribution in [0.15, 0.2) is 48.5 Å². The van der Waals surface area contributed by atoms with Gasteiger partial charge in [-0.25, -0.2) is 4.39 Å². The van der Waals surface area contributed by atoms with Gasteiger partial charge in [-0.15, -0.1) is 0 Å². The van der Waals surface area contributed by atoms with E-state index >= 15 is 0 Å². The molecular formula is C24H31FN2O2. The first-order chi connectivity index (χ1) is 13.8. The third kappa shape index (κ3) is 5.57. The first-order valence-corrected chi connectivity index (χ1v) is 10.3. The molecule has 0 saturated carbocycles. The van der Waals surface area contributed by atoms with Crippen LogP contribution < -0.4 is 0 Å². The summed E-state index contributed by atoms with van der Waals surface area (Å²) in [4.78, 5) is 16.4. The monoisotopic (exact) mass is 398 g/mol. The Morgan fingerprint density at radius 1 is 1.21 bits per heavy atom. The Kier molecular flexibility index (Phi) is 6.91. The maximum atomic E-state index is 13.9. The number of rotatable bonds is 7. The molecule has 1 saturated heterocycles. The summed E-state index contributed by atoms with van der Waals surface area (Å²) in [6.07, 6.45) is 0. The number of benzene rings is 2. The van der Waals surface area contributed by atoms with E-state index in [4.69, 9.17) is 0 Å². The van der Waals surface area contributed by atoms with Crippen molar-refractivity contribution < 1.29 is 14.3 Å². The normalized spacial score (nSPS) is 19.6. The minimum Gasteiger partial charge on any atom is -0.508 e. The molecule has 0 bridgehead atoms. The number of nitrogens with zero attached hydrogens (tertiary/aromatic N) is 2. The van der Waals surface area contributed by atoms with Gasteiger partial charge in [0.25, 0.3) is 0 Å². The van der Waals surface area contributed by atoms with Crippen molar-refractivity contribution in [1.82, 2.24) is 9.80 Å². The fraction of sp³-hybridized carbons (Fsp3) is 0.458. The van der Waals surface area contributed by atoms with Gasteiger partial charge in [-0.05, 0) is 35.6 Å². The average Bonchev–Trinajstić information content (AvgIpc) is 3.05. The summed E-state index contributed by atoms with van der Waals surface area (Å²) in [6.45, 7) is 9.44. The minimum absolute atomic E-state index is 0.0795. The van der Waals surface area contributed by atoms with Crippen LogP contribution in [0.2, 0.25) is 0 Å². The number of carbonyl (C=O) groups excluding carboxylic acids is 1. The van der Waals surface area contributed by atoms with Crippen molar-refractivity contribution in [2.75, 3.05) is 26.2 Å². The zero-order valence-corrected chi connectivity index (χ0v) is 17.5. The maximum Gasteiger partial charge on any atom is 0.219 e. The van der Waals surface area contributed by atoms with Crippen molar-refractivity contribution in [1.29, 1.82) is 0 Å². The van der Waals surface area contributed by atoms with Gasteiger partial charge in [0.05, 0.1) is 0 Å². The topological polar surface area (TPSA) is 43.8 Å². The summed E-state index contributed by atoms with van der Waals surface area (Å²) in [6, 6.07) is 14.2. The van der Waals surface area contributed by atoms with Gasteiger partial charge < -0.3 is 10.0 Å². The zero-order chi connectivity index (χ0) is 21.0. The van der Waals surface area contributed by atoms with E-state index < -0.39 is 0 Å². The van der Waals surface area contributed by atoms with E-state index in [0.717, 1.165) is 30.8 Å². The van der Waals surface area contributed by atoms with Crippen LogP contribution in [0.5, 0.6) is 5.75 Å². The lowest BCUT2D eigenvalue weighted by molar-refractivity contribution is -0.130. The molecule has 1 aliphatic heterocycles. The van der Waals surface area contributed by atoms with E-state index in [1.165, 1.54) is 6.07 Å². The Morgan fingerprint density at radius 2 is 1.97 bits per heavy atom. The molecule has 2 unspecified atom stereocenters. The molecule has 0 aromatic heterocycles. The lowest BCUT2D eigenvalue weighted by Crippen LogP contribution is -2.38. The summed E-state index contributed by atoms with van der Waals surface area (Å²) in [7, 11) is 0. The molecule has 0 spiro atoms. The smallest absolute Gasteiger partial charge is 0.219 e. The molecule has 1 N–H and O–H groups in total. The summed E-state index contributed by atoms with van der Waals surface area (Å²) >= 11 is 0. The molecule has 2 aromatic carbocycles. The number of phenolic OH excluding ortho intramolecular Hbond substituents is 1. The molecule has 1 fully saturated rings. The van der Waals surface area contributed by atoms with Crippen LogP contribution in [0.4, 0.5) is 4.39 Å². The van der Waals surface area contributed by atoms with E-state index in [0.29, 0.717) is 24.8 Å². The summed E-state index contributed by atoms with van der Waals surface area (Å²) in [5, 5.41) is 10.1. The van der Waals surface area contributed by atoms with E-state index in [1.807, 2.05) is 29.2 Å². The number of carbonyl (C=O) groups is 1. The average molecular weight is 399 g/mol. The molecule has 3 rings (SSSR count). The van der Waals surface area contributed by atoms with Crippen LogP contribution in [0.3, 0.4) is 0 Å². The van der Waals surface area contributed by atoms with Gasteiger partial charge in [0.15, 0.2) is 0 Å². The van der Waals surface area contributed by atoms with Crippen LogP contribution in [0.1, 0.15) is 37.8 Å². The lowest BCUT2D eigenvalue weighted by atomic mass is 9.88. The number of phenols is 1. The van der Waals surface area contributed by atoms with Crippen LogP contribution >= 0.6 is 0 Å². The van der Waals surface area contributed by atoms with Crippen molar-refractivity contribution in [3.05, 3.63) is 65.5 Å². The molecule has 4 nitrogen and oxygen atoms in total. The second-order valence-corrected chi connectivity index (χ2v) is 8.56. The molecule has 1 amide bonds.